The molecule has 0 amide bonds. The summed E-state index contributed by atoms with van der Waals surface area (Å²) in [6.45, 7) is 1.52. The zero-order chi connectivity index (χ0) is 21.8. The van der Waals surface area contributed by atoms with Gasteiger partial charge in [-0.25, -0.2) is 19.7 Å². The Balaban J connectivity index is 1.27. The van der Waals surface area contributed by atoms with Crippen molar-refractivity contribution in [3.05, 3.63) is 46.9 Å². The van der Waals surface area contributed by atoms with Crippen LogP contribution in [0.4, 0.5) is 5.82 Å². The van der Waals surface area contributed by atoms with Crippen molar-refractivity contribution in [1.29, 1.82) is 0 Å². The number of hydrogen-bond acceptors (Lipinski definition) is 7. The average molecular weight is 435 g/mol. The maximum absolute atomic E-state index is 12.6. The molecule has 0 spiro atoms. The van der Waals surface area contributed by atoms with E-state index in [9.17, 15) is 9.90 Å². The minimum absolute atomic E-state index is 0.0550. The first kappa shape index (κ1) is 19.4. The molecule has 10 heteroatoms. The fraction of sp³-hybridized carbons (Fsp3) is 0.455. The van der Waals surface area contributed by atoms with E-state index < -0.39 is 6.23 Å². The maximum Gasteiger partial charge on any atom is 0.326 e. The van der Waals surface area contributed by atoms with Gasteiger partial charge < -0.3 is 19.6 Å². The number of para-hydroxylation sites is 2. The van der Waals surface area contributed by atoms with Crippen LogP contribution in [-0.4, -0.2) is 53.3 Å². The van der Waals surface area contributed by atoms with E-state index in [1.54, 1.807) is 6.33 Å². The Kier molecular flexibility index (Phi) is 4.51. The number of benzene rings is 1. The van der Waals surface area contributed by atoms with Crippen LogP contribution in [0.2, 0.25) is 0 Å². The number of H-pyrrole nitrogens is 1. The molecular weight excluding hydrogens is 408 g/mol. The van der Waals surface area contributed by atoms with Crippen molar-refractivity contribution in [3.63, 3.8) is 0 Å². The molecule has 1 atom stereocenters. The van der Waals surface area contributed by atoms with Crippen LogP contribution >= 0.6 is 0 Å². The van der Waals surface area contributed by atoms with E-state index in [0.717, 1.165) is 55.6 Å². The number of rotatable bonds is 5. The summed E-state index contributed by atoms with van der Waals surface area (Å²) in [5.41, 5.74) is 3.17. The summed E-state index contributed by atoms with van der Waals surface area (Å²) in [6, 6.07) is 8.32. The lowest BCUT2D eigenvalue weighted by molar-refractivity contribution is 0.125. The van der Waals surface area contributed by atoms with Crippen LogP contribution in [0.15, 0.2) is 35.4 Å². The molecule has 32 heavy (non-hydrogen) atoms. The van der Waals surface area contributed by atoms with Gasteiger partial charge in [0.1, 0.15) is 6.33 Å². The van der Waals surface area contributed by atoms with E-state index in [-0.39, 0.29) is 11.7 Å². The SMILES string of the molecule is Cn1c(C(O)NC2CC2)nc2c(N3CCC(n4c(=O)[nH]c5ccccc54)CC3)ncnc21. The Bertz CT molecular complexity index is 1340. The topological polar surface area (TPSA) is 117 Å². The summed E-state index contributed by atoms with van der Waals surface area (Å²) in [5.74, 6) is 1.33. The molecule has 0 radical (unpaired) electrons. The quantitative estimate of drug-likeness (QED) is 0.408. The molecule has 2 aliphatic rings. The third kappa shape index (κ3) is 3.18. The largest absolute Gasteiger partial charge is 0.371 e. The molecule has 10 nitrogen and oxygen atoms in total. The van der Waals surface area contributed by atoms with E-state index in [2.05, 4.69) is 25.2 Å². The van der Waals surface area contributed by atoms with Gasteiger partial charge in [0.2, 0.25) is 0 Å². The van der Waals surface area contributed by atoms with Crippen LogP contribution in [0.3, 0.4) is 0 Å². The van der Waals surface area contributed by atoms with E-state index in [0.29, 0.717) is 23.0 Å². The number of fused-ring (bicyclic) bond motifs is 2. The molecular formula is C22H26N8O2. The fourth-order valence-electron chi connectivity index (χ4n) is 4.80. The number of aliphatic hydroxyl groups excluding tert-OH is 1. The van der Waals surface area contributed by atoms with Crippen molar-refractivity contribution < 1.29 is 5.11 Å². The highest BCUT2D eigenvalue weighted by molar-refractivity contribution is 5.84. The smallest absolute Gasteiger partial charge is 0.326 e. The van der Waals surface area contributed by atoms with Crippen molar-refractivity contribution >= 4 is 28.0 Å². The van der Waals surface area contributed by atoms with Gasteiger partial charge in [0, 0.05) is 32.2 Å². The number of anilines is 1. The number of aromatic amines is 1. The van der Waals surface area contributed by atoms with Crippen LogP contribution in [-0.2, 0) is 7.05 Å². The normalized spacial score (nSPS) is 18.6. The second-order valence-corrected chi connectivity index (χ2v) is 8.78. The van der Waals surface area contributed by atoms with Gasteiger partial charge in [-0.15, -0.1) is 0 Å². The molecule has 2 fully saturated rings. The van der Waals surface area contributed by atoms with Gasteiger partial charge in [-0.2, -0.15) is 0 Å². The molecule has 4 heterocycles. The second-order valence-electron chi connectivity index (χ2n) is 8.78. The monoisotopic (exact) mass is 434 g/mol. The highest BCUT2D eigenvalue weighted by Gasteiger charge is 2.29. The number of aromatic nitrogens is 6. The van der Waals surface area contributed by atoms with Gasteiger partial charge >= 0.3 is 5.69 Å². The van der Waals surface area contributed by atoms with Crippen molar-refractivity contribution in [1.82, 2.24) is 34.4 Å². The number of imidazole rings is 2. The molecule has 1 unspecified atom stereocenters. The van der Waals surface area contributed by atoms with Gasteiger partial charge in [0.25, 0.3) is 0 Å². The second kappa shape index (κ2) is 7.42. The lowest BCUT2D eigenvalue weighted by Gasteiger charge is -2.33. The molecule has 166 valence electrons. The Morgan fingerprint density at radius 1 is 1.16 bits per heavy atom. The zero-order valence-electron chi connectivity index (χ0n) is 17.9. The third-order valence-corrected chi connectivity index (χ3v) is 6.64. The summed E-state index contributed by atoms with van der Waals surface area (Å²) in [7, 11) is 1.87. The van der Waals surface area contributed by atoms with Gasteiger partial charge in [0.15, 0.2) is 29.0 Å². The molecule has 1 aromatic carbocycles. The van der Waals surface area contributed by atoms with E-state index in [1.807, 2.05) is 40.4 Å². The summed E-state index contributed by atoms with van der Waals surface area (Å²) in [4.78, 5) is 31.4. The predicted octanol–water partition coefficient (Wildman–Crippen LogP) is 1.59. The lowest BCUT2D eigenvalue weighted by atomic mass is 10.0. The third-order valence-electron chi connectivity index (χ3n) is 6.64. The highest BCUT2D eigenvalue weighted by atomic mass is 16.3. The Morgan fingerprint density at radius 2 is 1.94 bits per heavy atom. The lowest BCUT2D eigenvalue weighted by Crippen LogP contribution is -2.37. The molecule has 4 aromatic rings. The van der Waals surface area contributed by atoms with Crippen LogP contribution in [0.25, 0.3) is 22.2 Å². The minimum atomic E-state index is -0.825. The number of nitrogens with zero attached hydrogens (tertiary/aromatic N) is 6. The predicted molar refractivity (Wildman–Crippen MR) is 120 cm³/mol. The first-order valence-corrected chi connectivity index (χ1v) is 11.2. The molecule has 1 saturated carbocycles. The Hall–Kier alpha value is -3.24. The van der Waals surface area contributed by atoms with E-state index >= 15 is 0 Å². The maximum atomic E-state index is 12.6. The number of aliphatic hydroxyl groups is 1. The molecule has 0 bridgehead atoms. The first-order chi connectivity index (χ1) is 15.6. The van der Waals surface area contributed by atoms with Crippen LogP contribution in [0.1, 0.15) is 43.8 Å². The number of aryl methyl sites for hydroxylation is 1. The molecule has 6 rings (SSSR count). The summed E-state index contributed by atoms with van der Waals surface area (Å²) < 4.78 is 3.72. The van der Waals surface area contributed by atoms with E-state index in [1.165, 1.54) is 0 Å². The van der Waals surface area contributed by atoms with E-state index in [4.69, 9.17) is 4.98 Å². The van der Waals surface area contributed by atoms with Crippen molar-refractivity contribution in [2.75, 3.05) is 18.0 Å². The van der Waals surface area contributed by atoms with Gasteiger partial charge in [0.05, 0.1) is 11.0 Å². The first-order valence-electron chi connectivity index (χ1n) is 11.2. The van der Waals surface area contributed by atoms with Crippen molar-refractivity contribution in [2.45, 2.75) is 44.0 Å². The average Bonchev–Trinajstić information content (AvgIpc) is 3.46. The van der Waals surface area contributed by atoms with Crippen molar-refractivity contribution in [3.8, 4) is 0 Å². The van der Waals surface area contributed by atoms with Gasteiger partial charge in [-0.3, -0.25) is 9.88 Å². The standard InChI is InChI=1S/C22H26N8O2/c1-28-18-17(27-20(28)21(31)25-13-6-7-13)19(24-12-23-18)29-10-8-14(9-11-29)30-16-5-3-2-4-15(16)26-22(30)32/h2-5,12-14,21,25,31H,6-11H2,1H3,(H,26,32). The fourth-order valence-corrected chi connectivity index (χ4v) is 4.80. The molecule has 1 aliphatic carbocycles. The van der Waals surface area contributed by atoms with Crippen LogP contribution in [0, 0.1) is 0 Å². The number of piperidine rings is 1. The Morgan fingerprint density at radius 3 is 2.72 bits per heavy atom. The van der Waals surface area contributed by atoms with Gasteiger partial charge in [-0.1, -0.05) is 12.1 Å². The summed E-state index contributed by atoms with van der Waals surface area (Å²) >= 11 is 0. The zero-order valence-corrected chi connectivity index (χ0v) is 17.9. The highest BCUT2D eigenvalue weighted by Crippen LogP contribution is 2.31. The molecule has 1 saturated heterocycles. The van der Waals surface area contributed by atoms with Crippen LogP contribution in [0.5, 0.6) is 0 Å². The number of hydrogen-bond donors (Lipinski definition) is 3. The van der Waals surface area contributed by atoms with Gasteiger partial charge in [-0.05, 0) is 37.8 Å². The molecule has 3 aromatic heterocycles. The molecule has 1 aliphatic heterocycles. The number of nitrogens with one attached hydrogen (secondary N) is 2. The minimum Gasteiger partial charge on any atom is -0.371 e. The van der Waals surface area contributed by atoms with Crippen molar-refractivity contribution in [2.24, 2.45) is 7.05 Å². The molecule has 3 N–H and O–H groups in total. The summed E-state index contributed by atoms with van der Waals surface area (Å²) in [5, 5.41) is 13.8. The summed E-state index contributed by atoms with van der Waals surface area (Å²) in [6.07, 6.45) is 4.56. The van der Waals surface area contributed by atoms with Crippen LogP contribution < -0.4 is 15.9 Å². The Labute approximate surface area is 183 Å².